The van der Waals surface area contributed by atoms with Gasteiger partial charge < -0.3 is 0 Å². The van der Waals surface area contributed by atoms with Gasteiger partial charge in [0.05, 0.1) is 0 Å². The fraction of sp³-hybridized carbons (Fsp3) is 0.440. The highest BCUT2D eigenvalue weighted by Crippen LogP contribution is 2.63. The summed E-state index contributed by atoms with van der Waals surface area (Å²) in [6.07, 6.45) is 11.9. The second-order valence-corrected chi connectivity index (χ2v) is 9.23. The molecule has 0 unspecified atom stereocenters. The van der Waals surface area contributed by atoms with Gasteiger partial charge in [-0.15, -0.1) is 0 Å². The molecule has 0 heterocycles. The van der Waals surface area contributed by atoms with E-state index in [1.165, 1.54) is 11.1 Å². The maximum Gasteiger partial charge on any atom is 0.178 e. The molecule has 0 amide bonds. The van der Waals surface area contributed by atoms with Crippen LogP contribution in [0.25, 0.3) is 5.57 Å². The number of carbonyl (C=O) groups is 2. The van der Waals surface area contributed by atoms with Crippen LogP contribution in [0.5, 0.6) is 0 Å². The van der Waals surface area contributed by atoms with E-state index in [1.807, 2.05) is 12.1 Å². The number of allylic oxidation sites excluding steroid dienone is 6. The number of hydrogen-bond acceptors (Lipinski definition) is 2. The summed E-state index contributed by atoms with van der Waals surface area (Å²) >= 11 is 0. The number of fused-ring (bicyclic) bond motifs is 5. The lowest BCUT2D eigenvalue weighted by atomic mass is 9.49. The Balaban J connectivity index is 1.71. The van der Waals surface area contributed by atoms with Crippen LogP contribution in [0.4, 0.5) is 0 Å². The number of hydrogen-bond donors (Lipinski definition) is 0. The molecule has 2 saturated carbocycles. The van der Waals surface area contributed by atoms with Crippen molar-refractivity contribution in [3.05, 3.63) is 65.8 Å². The SMILES string of the molecule is C[C@]12C=CC(=O)C=C1C(c1ccccc1)=C[C@@H]1[C@@H]2CC[C@]2(C)C(=O)CC[C@@H]12. The summed E-state index contributed by atoms with van der Waals surface area (Å²) in [5, 5.41) is 0. The molecule has 0 saturated heterocycles. The van der Waals surface area contributed by atoms with Gasteiger partial charge in [0.15, 0.2) is 5.78 Å². The quantitative estimate of drug-likeness (QED) is 0.694. The summed E-state index contributed by atoms with van der Waals surface area (Å²) in [4.78, 5) is 24.9. The van der Waals surface area contributed by atoms with Crippen molar-refractivity contribution < 1.29 is 9.59 Å². The van der Waals surface area contributed by atoms with Crippen LogP contribution in [0.1, 0.15) is 45.1 Å². The lowest BCUT2D eigenvalue weighted by Crippen LogP contribution is -2.48. The predicted molar refractivity (Wildman–Crippen MR) is 107 cm³/mol. The smallest absolute Gasteiger partial charge is 0.178 e. The van der Waals surface area contributed by atoms with Crippen LogP contribution in [0.2, 0.25) is 0 Å². The standard InChI is InChI=1S/C25H26O2/c1-24-12-10-17(26)14-22(24)18(16-6-4-3-5-7-16)15-19-20-8-9-23(27)25(20,2)13-11-21(19)24/h3-7,10,12,14-15,19-21H,8-9,11,13H2,1-2H3/t19-,20-,21-,24+,25-/m0/s1. The molecular formula is C25H26O2. The third-order valence-electron chi connectivity index (χ3n) is 8.01. The molecule has 5 rings (SSSR count). The molecule has 4 aliphatic rings. The Bertz CT molecular complexity index is 919. The van der Waals surface area contributed by atoms with E-state index in [9.17, 15) is 9.59 Å². The average Bonchev–Trinajstić information content (AvgIpc) is 2.98. The summed E-state index contributed by atoms with van der Waals surface area (Å²) in [5.41, 5.74) is 3.24. The average molecular weight is 358 g/mol. The normalized spacial score (nSPS) is 40.0. The Morgan fingerprint density at radius 1 is 1.00 bits per heavy atom. The van der Waals surface area contributed by atoms with Gasteiger partial charge in [-0.1, -0.05) is 56.3 Å². The summed E-state index contributed by atoms with van der Waals surface area (Å²) in [6.45, 7) is 4.50. The first-order valence-electron chi connectivity index (χ1n) is 10.2. The minimum Gasteiger partial charge on any atom is -0.299 e. The number of carbonyl (C=O) groups excluding carboxylic acids is 2. The van der Waals surface area contributed by atoms with Crippen molar-refractivity contribution in [2.75, 3.05) is 0 Å². The maximum atomic E-state index is 12.7. The van der Waals surface area contributed by atoms with Gasteiger partial charge in [-0.05, 0) is 65.9 Å². The molecule has 27 heavy (non-hydrogen) atoms. The topological polar surface area (TPSA) is 34.1 Å². The van der Waals surface area contributed by atoms with Crippen LogP contribution >= 0.6 is 0 Å². The Morgan fingerprint density at radius 2 is 1.78 bits per heavy atom. The Kier molecular flexibility index (Phi) is 3.53. The molecule has 2 nitrogen and oxygen atoms in total. The molecular weight excluding hydrogens is 332 g/mol. The zero-order chi connectivity index (χ0) is 18.8. The fourth-order valence-electron chi connectivity index (χ4n) is 6.43. The van der Waals surface area contributed by atoms with Crippen LogP contribution in [-0.4, -0.2) is 11.6 Å². The monoisotopic (exact) mass is 358 g/mol. The summed E-state index contributed by atoms with van der Waals surface area (Å²) in [5.74, 6) is 1.82. The molecule has 0 radical (unpaired) electrons. The van der Waals surface area contributed by atoms with E-state index < -0.39 is 0 Å². The first-order valence-corrected chi connectivity index (χ1v) is 10.2. The summed E-state index contributed by atoms with van der Waals surface area (Å²) in [6, 6.07) is 10.4. The van der Waals surface area contributed by atoms with E-state index in [0.717, 1.165) is 31.3 Å². The van der Waals surface area contributed by atoms with Crippen molar-refractivity contribution in [2.45, 2.75) is 39.5 Å². The van der Waals surface area contributed by atoms with Crippen molar-refractivity contribution in [2.24, 2.45) is 28.6 Å². The van der Waals surface area contributed by atoms with Crippen LogP contribution in [-0.2, 0) is 9.59 Å². The van der Waals surface area contributed by atoms with E-state index >= 15 is 0 Å². The molecule has 1 aromatic rings. The van der Waals surface area contributed by atoms with E-state index in [-0.39, 0.29) is 16.6 Å². The third kappa shape index (κ3) is 2.25. The molecule has 0 bridgehead atoms. The van der Waals surface area contributed by atoms with Crippen molar-refractivity contribution >= 4 is 17.1 Å². The summed E-state index contributed by atoms with van der Waals surface area (Å²) in [7, 11) is 0. The second kappa shape index (κ2) is 5.64. The lowest BCUT2D eigenvalue weighted by Gasteiger charge is -2.54. The van der Waals surface area contributed by atoms with Gasteiger partial charge in [0.1, 0.15) is 5.78 Å². The Labute approximate surface area is 161 Å². The molecule has 0 aliphatic heterocycles. The maximum absolute atomic E-state index is 12.7. The van der Waals surface area contributed by atoms with Gasteiger partial charge in [0, 0.05) is 17.3 Å². The molecule has 5 atom stereocenters. The van der Waals surface area contributed by atoms with Gasteiger partial charge >= 0.3 is 0 Å². The molecule has 2 heteroatoms. The van der Waals surface area contributed by atoms with Gasteiger partial charge in [0.25, 0.3) is 0 Å². The lowest BCUT2D eigenvalue weighted by molar-refractivity contribution is -0.130. The van der Waals surface area contributed by atoms with E-state index in [0.29, 0.717) is 23.5 Å². The Hall–Kier alpha value is -2.22. The zero-order valence-corrected chi connectivity index (χ0v) is 16.1. The molecule has 2 fully saturated rings. The van der Waals surface area contributed by atoms with Crippen LogP contribution in [0.3, 0.4) is 0 Å². The molecule has 138 valence electrons. The highest BCUT2D eigenvalue weighted by Gasteiger charge is 2.58. The van der Waals surface area contributed by atoms with Crippen LogP contribution < -0.4 is 0 Å². The second-order valence-electron chi connectivity index (χ2n) is 9.23. The molecule has 4 aliphatic carbocycles. The third-order valence-corrected chi connectivity index (χ3v) is 8.01. The van der Waals surface area contributed by atoms with E-state index in [1.54, 1.807) is 6.08 Å². The molecule has 0 aromatic heterocycles. The van der Waals surface area contributed by atoms with Gasteiger partial charge in [-0.25, -0.2) is 0 Å². The summed E-state index contributed by atoms with van der Waals surface area (Å²) < 4.78 is 0. The minimum atomic E-state index is -0.161. The first-order chi connectivity index (χ1) is 12.9. The zero-order valence-electron chi connectivity index (χ0n) is 16.1. The highest BCUT2D eigenvalue weighted by molar-refractivity contribution is 6.05. The fourth-order valence-corrected chi connectivity index (χ4v) is 6.43. The molecule has 0 N–H and O–H groups in total. The Morgan fingerprint density at radius 3 is 2.56 bits per heavy atom. The number of Topliss-reactive ketones (excluding diaryl/α,β-unsaturated/α-hetero) is 1. The number of ketones is 2. The van der Waals surface area contributed by atoms with Gasteiger partial charge in [-0.2, -0.15) is 0 Å². The molecule has 0 spiro atoms. The number of benzene rings is 1. The van der Waals surface area contributed by atoms with Crippen molar-refractivity contribution in [1.82, 2.24) is 0 Å². The highest BCUT2D eigenvalue weighted by atomic mass is 16.1. The van der Waals surface area contributed by atoms with Crippen molar-refractivity contribution in [3.8, 4) is 0 Å². The number of rotatable bonds is 1. The minimum absolute atomic E-state index is 0.0828. The first kappa shape index (κ1) is 16.9. The van der Waals surface area contributed by atoms with Crippen LogP contribution in [0.15, 0.2) is 60.2 Å². The van der Waals surface area contributed by atoms with Crippen molar-refractivity contribution in [3.63, 3.8) is 0 Å². The largest absolute Gasteiger partial charge is 0.299 e. The van der Waals surface area contributed by atoms with E-state index in [2.05, 4.69) is 50.3 Å². The van der Waals surface area contributed by atoms with Gasteiger partial charge in [-0.3, -0.25) is 9.59 Å². The van der Waals surface area contributed by atoms with Crippen molar-refractivity contribution in [1.29, 1.82) is 0 Å². The molecule has 1 aromatic carbocycles. The van der Waals surface area contributed by atoms with Gasteiger partial charge in [0.2, 0.25) is 0 Å². The van der Waals surface area contributed by atoms with E-state index in [4.69, 9.17) is 0 Å². The predicted octanol–water partition coefficient (Wildman–Crippen LogP) is 5.17. The van der Waals surface area contributed by atoms with Crippen LogP contribution in [0, 0.1) is 28.6 Å².